The maximum Gasteiger partial charge on any atom is 0.251 e. The lowest BCUT2D eigenvalue weighted by molar-refractivity contribution is 0.682. The first-order chi connectivity index (χ1) is 10.6. The van der Waals surface area contributed by atoms with E-state index in [2.05, 4.69) is 4.98 Å². The quantitative estimate of drug-likeness (QED) is 0.804. The zero-order valence-electron chi connectivity index (χ0n) is 12.3. The maximum atomic E-state index is 12.2. The van der Waals surface area contributed by atoms with Gasteiger partial charge in [-0.2, -0.15) is 0 Å². The van der Waals surface area contributed by atoms with Gasteiger partial charge in [-0.05, 0) is 48.6 Å². The monoisotopic (exact) mass is 311 g/mol. The van der Waals surface area contributed by atoms with Crippen LogP contribution in [0.25, 0.3) is 10.9 Å². The van der Waals surface area contributed by atoms with Gasteiger partial charge in [-0.1, -0.05) is 30.3 Å². The second-order valence-corrected chi connectivity index (χ2v) is 6.90. The lowest BCUT2D eigenvalue weighted by Crippen LogP contribution is -2.15. The Bertz CT molecular complexity index is 884. The number of pyridine rings is 1. The molecule has 22 heavy (non-hydrogen) atoms. The molecule has 3 rings (SSSR count). The highest BCUT2D eigenvalue weighted by Gasteiger charge is 2.07. The first-order valence-corrected chi connectivity index (χ1v) is 8.51. The van der Waals surface area contributed by atoms with Crippen molar-refractivity contribution in [2.75, 3.05) is 5.75 Å². The van der Waals surface area contributed by atoms with Crippen LogP contribution in [-0.2, 0) is 17.2 Å². The number of fused-ring (bicyclic) bond motifs is 1. The number of aromatic nitrogens is 1. The van der Waals surface area contributed by atoms with Gasteiger partial charge in [0.1, 0.15) is 0 Å². The fourth-order valence-electron chi connectivity index (χ4n) is 2.44. The second-order valence-electron chi connectivity index (χ2n) is 5.33. The van der Waals surface area contributed by atoms with Crippen molar-refractivity contribution in [3.63, 3.8) is 0 Å². The average Bonchev–Trinajstić information content (AvgIpc) is 2.53. The minimum Gasteiger partial charge on any atom is -0.322 e. The fraction of sp³-hybridized carbons (Fsp3) is 0.167. The minimum absolute atomic E-state index is 0.0943. The van der Waals surface area contributed by atoms with Crippen LogP contribution in [-0.4, -0.2) is 14.9 Å². The molecule has 0 radical (unpaired) electrons. The Balaban J connectivity index is 1.82. The lowest BCUT2D eigenvalue weighted by Gasteiger charge is -2.05. The zero-order valence-corrected chi connectivity index (χ0v) is 13.2. The Hall–Kier alpha value is -2.20. The van der Waals surface area contributed by atoms with E-state index in [1.807, 2.05) is 61.5 Å². The van der Waals surface area contributed by atoms with E-state index in [0.717, 1.165) is 21.4 Å². The maximum absolute atomic E-state index is 12.2. The van der Waals surface area contributed by atoms with Crippen molar-refractivity contribution in [3.8, 4) is 0 Å². The Labute approximate surface area is 131 Å². The van der Waals surface area contributed by atoms with Gasteiger partial charge >= 0.3 is 0 Å². The van der Waals surface area contributed by atoms with Crippen LogP contribution in [0.1, 0.15) is 11.1 Å². The second kappa shape index (κ2) is 6.28. The van der Waals surface area contributed by atoms with Crippen molar-refractivity contribution >= 4 is 21.7 Å². The summed E-state index contributed by atoms with van der Waals surface area (Å²) >= 11 is 0. The highest BCUT2D eigenvalue weighted by atomic mass is 32.2. The van der Waals surface area contributed by atoms with Crippen LogP contribution in [0.15, 0.2) is 64.3 Å². The smallest absolute Gasteiger partial charge is 0.251 e. The highest BCUT2D eigenvalue weighted by molar-refractivity contribution is 7.85. The molecule has 1 heterocycles. The molecule has 112 valence electrons. The molecule has 3 nitrogen and oxygen atoms in total. The van der Waals surface area contributed by atoms with Gasteiger partial charge in [-0.3, -0.25) is 9.00 Å². The van der Waals surface area contributed by atoms with Gasteiger partial charge in [0, 0.05) is 21.7 Å². The largest absolute Gasteiger partial charge is 0.322 e. The van der Waals surface area contributed by atoms with E-state index in [1.165, 1.54) is 0 Å². The molecule has 0 saturated carbocycles. The zero-order chi connectivity index (χ0) is 15.5. The van der Waals surface area contributed by atoms with Crippen LogP contribution < -0.4 is 5.56 Å². The van der Waals surface area contributed by atoms with Gasteiger partial charge in [0.2, 0.25) is 0 Å². The molecule has 0 aliphatic carbocycles. The van der Waals surface area contributed by atoms with Crippen LogP contribution >= 0.6 is 0 Å². The summed E-state index contributed by atoms with van der Waals surface area (Å²) in [6, 6.07) is 17.2. The van der Waals surface area contributed by atoms with E-state index in [-0.39, 0.29) is 5.56 Å². The Morgan fingerprint density at radius 3 is 2.59 bits per heavy atom. The summed E-state index contributed by atoms with van der Waals surface area (Å²) in [5.74, 6) is 0.449. The highest BCUT2D eigenvalue weighted by Crippen LogP contribution is 2.14. The van der Waals surface area contributed by atoms with Crippen molar-refractivity contribution in [3.05, 3.63) is 76.1 Å². The van der Waals surface area contributed by atoms with Crippen molar-refractivity contribution in [1.82, 2.24) is 4.98 Å². The van der Waals surface area contributed by atoms with E-state index in [4.69, 9.17) is 0 Å². The van der Waals surface area contributed by atoms with Gasteiger partial charge in [-0.25, -0.2) is 0 Å². The summed E-state index contributed by atoms with van der Waals surface area (Å²) in [6.45, 7) is 1.99. The van der Waals surface area contributed by atoms with Crippen LogP contribution in [0.2, 0.25) is 0 Å². The first-order valence-electron chi connectivity index (χ1n) is 7.19. The molecule has 1 aromatic heterocycles. The molecule has 0 saturated heterocycles. The van der Waals surface area contributed by atoms with E-state index in [9.17, 15) is 9.00 Å². The van der Waals surface area contributed by atoms with Crippen LogP contribution in [0.3, 0.4) is 0 Å². The van der Waals surface area contributed by atoms with E-state index < -0.39 is 10.8 Å². The summed E-state index contributed by atoms with van der Waals surface area (Å²) in [5, 5.41) is 1.01. The van der Waals surface area contributed by atoms with Crippen LogP contribution in [0, 0.1) is 6.92 Å². The number of benzene rings is 2. The predicted molar refractivity (Wildman–Crippen MR) is 90.7 cm³/mol. The first kappa shape index (κ1) is 14.7. The Morgan fingerprint density at radius 1 is 1.05 bits per heavy atom. The number of aryl methyl sites for hydroxylation is 2. The number of H-pyrrole nitrogens is 1. The van der Waals surface area contributed by atoms with Gasteiger partial charge < -0.3 is 4.98 Å². The van der Waals surface area contributed by atoms with Gasteiger partial charge in [-0.15, -0.1) is 0 Å². The lowest BCUT2D eigenvalue weighted by atomic mass is 10.1. The molecule has 0 aliphatic heterocycles. The molecule has 1 N–H and O–H groups in total. The van der Waals surface area contributed by atoms with Crippen molar-refractivity contribution < 1.29 is 4.21 Å². The standard InChI is InChI=1S/C18H17NO2S/c1-13-7-8-14-12-15(18(20)19-17(14)11-13)9-10-22(21)16-5-3-2-4-6-16/h2-8,11-12H,9-10H2,1H3,(H,19,20)/t22-/m1/s1. The number of rotatable bonds is 4. The van der Waals surface area contributed by atoms with E-state index in [1.54, 1.807) is 0 Å². The summed E-state index contributed by atoms with van der Waals surface area (Å²) in [5.41, 5.74) is 2.54. The van der Waals surface area contributed by atoms with Crippen LogP contribution in [0.5, 0.6) is 0 Å². The molecule has 0 amide bonds. The van der Waals surface area contributed by atoms with Gasteiger partial charge in [0.05, 0.1) is 10.8 Å². The van der Waals surface area contributed by atoms with Gasteiger partial charge in [0.15, 0.2) is 0 Å². The molecule has 2 aromatic carbocycles. The topological polar surface area (TPSA) is 49.9 Å². The number of hydrogen-bond acceptors (Lipinski definition) is 2. The summed E-state index contributed by atoms with van der Waals surface area (Å²) in [4.78, 5) is 15.8. The molecule has 0 bridgehead atoms. The molecule has 4 heteroatoms. The molecule has 0 aliphatic rings. The summed E-state index contributed by atoms with van der Waals surface area (Å²) in [7, 11) is -1.08. The third-order valence-corrected chi connectivity index (χ3v) is 5.01. The molecule has 1 atom stereocenters. The molecule has 0 fully saturated rings. The Kier molecular flexibility index (Phi) is 4.20. The third kappa shape index (κ3) is 3.17. The predicted octanol–water partition coefficient (Wildman–Crippen LogP) is 3.19. The van der Waals surface area contributed by atoms with Crippen molar-refractivity contribution in [2.45, 2.75) is 18.2 Å². The molecular weight excluding hydrogens is 294 g/mol. The summed E-state index contributed by atoms with van der Waals surface area (Å²) < 4.78 is 12.2. The number of hydrogen-bond donors (Lipinski definition) is 1. The fourth-order valence-corrected chi connectivity index (χ4v) is 3.54. The Morgan fingerprint density at radius 2 is 1.82 bits per heavy atom. The summed E-state index contributed by atoms with van der Waals surface area (Å²) in [6.07, 6.45) is 0.501. The average molecular weight is 311 g/mol. The normalized spacial score (nSPS) is 12.4. The molecule has 0 spiro atoms. The van der Waals surface area contributed by atoms with Crippen molar-refractivity contribution in [2.24, 2.45) is 0 Å². The molecular formula is C18H17NO2S. The van der Waals surface area contributed by atoms with Crippen molar-refractivity contribution in [1.29, 1.82) is 0 Å². The van der Waals surface area contributed by atoms with E-state index >= 15 is 0 Å². The van der Waals surface area contributed by atoms with E-state index in [0.29, 0.717) is 17.7 Å². The van der Waals surface area contributed by atoms with Gasteiger partial charge in [0.25, 0.3) is 5.56 Å². The van der Waals surface area contributed by atoms with Crippen LogP contribution in [0.4, 0.5) is 0 Å². The molecule has 3 aromatic rings. The minimum atomic E-state index is -1.08. The number of aromatic amines is 1. The SMILES string of the molecule is Cc1ccc2cc(CC[S@@](=O)c3ccccc3)c(=O)[nH]c2c1. The molecule has 0 unspecified atom stereocenters. The third-order valence-electron chi connectivity index (χ3n) is 3.64. The number of nitrogens with one attached hydrogen (secondary N) is 1.